The summed E-state index contributed by atoms with van der Waals surface area (Å²) < 4.78 is 22.8. The fraction of sp³-hybridized carbons (Fsp3) is 0.615. The van der Waals surface area contributed by atoms with Crippen LogP contribution in [0, 0.1) is 5.92 Å². The zero-order valence-electron chi connectivity index (χ0n) is 20.5. The summed E-state index contributed by atoms with van der Waals surface area (Å²) in [7, 11) is 1.57. The first-order chi connectivity index (χ1) is 15.7. The number of Topliss-reactive ketones (excluding diaryl/α,β-unsaturated/α-hetero) is 1. The molecule has 0 spiro atoms. The van der Waals surface area contributed by atoms with Gasteiger partial charge in [0.1, 0.15) is 18.2 Å². The highest BCUT2D eigenvalue weighted by Crippen LogP contribution is 2.54. The maximum atomic E-state index is 13.9. The Labute approximate surface area is 196 Å². The van der Waals surface area contributed by atoms with Crippen LogP contribution in [0.15, 0.2) is 41.0 Å². The Hall–Kier alpha value is -2.38. The molecule has 0 N–H and O–H groups in total. The maximum absolute atomic E-state index is 13.9. The minimum absolute atomic E-state index is 0.00993. The molecule has 3 heterocycles. The van der Waals surface area contributed by atoms with Gasteiger partial charge in [-0.2, -0.15) is 0 Å². The number of ketones is 1. The lowest BCUT2D eigenvalue weighted by molar-refractivity contribution is -0.144. The first kappa shape index (κ1) is 25.2. The van der Waals surface area contributed by atoms with Gasteiger partial charge in [-0.3, -0.25) is 9.69 Å². The lowest BCUT2D eigenvalue weighted by Gasteiger charge is -2.51. The summed E-state index contributed by atoms with van der Waals surface area (Å²) in [5, 5.41) is 0. The number of rotatable bonds is 9. The van der Waals surface area contributed by atoms with Crippen LogP contribution in [0.5, 0.6) is 0 Å². The van der Waals surface area contributed by atoms with Crippen LogP contribution in [-0.2, 0) is 19.0 Å². The molecule has 2 bridgehead atoms. The highest BCUT2D eigenvalue weighted by atomic mass is 16.7. The highest BCUT2D eigenvalue weighted by Gasteiger charge is 2.66. The van der Waals surface area contributed by atoms with Crippen molar-refractivity contribution in [3.63, 3.8) is 0 Å². The van der Waals surface area contributed by atoms with Gasteiger partial charge in [0.15, 0.2) is 5.78 Å². The minimum Gasteiger partial charge on any atom is -0.465 e. The van der Waals surface area contributed by atoms with Crippen molar-refractivity contribution in [3.05, 3.63) is 42.4 Å². The van der Waals surface area contributed by atoms with E-state index >= 15 is 0 Å². The Morgan fingerprint density at radius 2 is 2.15 bits per heavy atom. The van der Waals surface area contributed by atoms with Crippen LogP contribution in [0.1, 0.15) is 65.6 Å². The molecule has 4 atom stereocenters. The van der Waals surface area contributed by atoms with Gasteiger partial charge in [0.2, 0.25) is 0 Å². The molecule has 0 aliphatic carbocycles. The number of hydrogen-bond acceptors (Lipinski definition) is 6. The molecule has 0 radical (unpaired) electrons. The molecular formula is C26H37NO6. The quantitative estimate of drug-likeness (QED) is 0.281. The maximum Gasteiger partial charge on any atom is 0.411 e. The second-order valence-electron chi connectivity index (χ2n) is 9.81. The van der Waals surface area contributed by atoms with Gasteiger partial charge < -0.3 is 18.6 Å². The van der Waals surface area contributed by atoms with E-state index in [1.165, 1.54) is 0 Å². The Morgan fingerprint density at radius 1 is 1.39 bits per heavy atom. The summed E-state index contributed by atoms with van der Waals surface area (Å²) in [5.74, 6) is 0.0776. The van der Waals surface area contributed by atoms with Gasteiger partial charge in [-0.1, -0.05) is 25.8 Å². The predicted molar refractivity (Wildman–Crippen MR) is 125 cm³/mol. The third kappa shape index (κ3) is 4.94. The third-order valence-electron chi connectivity index (χ3n) is 6.47. The smallest absolute Gasteiger partial charge is 0.411 e. The molecule has 0 aromatic carbocycles. The molecule has 7 heteroatoms. The number of methoxy groups -OCH3 is 1. The molecule has 0 saturated carbocycles. The van der Waals surface area contributed by atoms with E-state index in [0.29, 0.717) is 30.6 Å². The molecule has 2 saturated heterocycles. The summed E-state index contributed by atoms with van der Waals surface area (Å²) in [6, 6.07) is 3.10. The predicted octanol–water partition coefficient (Wildman–Crippen LogP) is 5.37. The minimum atomic E-state index is -0.840. The van der Waals surface area contributed by atoms with Crippen molar-refractivity contribution in [2.24, 2.45) is 5.92 Å². The number of hydrogen-bond donors (Lipinski definition) is 0. The number of carbonyl (C=O) groups excluding carboxylic acids is 2. The van der Waals surface area contributed by atoms with Crippen molar-refractivity contribution in [3.8, 4) is 0 Å². The number of piperidine rings is 1. The Bertz CT molecular complexity index is 868. The SMILES string of the molecule is C=CC[C@H]1C(=O)C(=Cc2ccco2)[C@@H]2C[C@H](OCOC)[C@@]1(CCCC)N2C(=O)OC(C)(C)C. The van der Waals surface area contributed by atoms with Crippen LogP contribution < -0.4 is 0 Å². The molecule has 1 aromatic rings. The van der Waals surface area contributed by atoms with Gasteiger partial charge in [0.25, 0.3) is 0 Å². The van der Waals surface area contributed by atoms with Gasteiger partial charge in [0.05, 0.1) is 29.9 Å². The van der Waals surface area contributed by atoms with Crippen molar-refractivity contribution in [2.75, 3.05) is 13.9 Å². The number of ether oxygens (including phenoxy) is 3. The van der Waals surface area contributed by atoms with Gasteiger partial charge in [-0.25, -0.2) is 4.79 Å². The molecular weight excluding hydrogens is 422 g/mol. The monoisotopic (exact) mass is 459 g/mol. The second-order valence-corrected chi connectivity index (χ2v) is 9.81. The summed E-state index contributed by atoms with van der Waals surface area (Å²) in [5.41, 5.74) is -0.975. The van der Waals surface area contributed by atoms with E-state index < -0.39 is 29.2 Å². The Kier molecular flexibility index (Phi) is 7.85. The first-order valence-electron chi connectivity index (χ1n) is 11.7. The average molecular weight is 460 g/mol. The molecule has 2 fully saturated rings. The van der Waals surface area contributed by atoms with Crippen molar-refractivity contribution in [1.82, 2.24) is 4.90 Å². The summed E-state index contributed by atoms with van der Waals surface area (Å²) in [4.78, 5) is 29.4. The third-order valence-corrected chi connectivity index (χ3v) is 6.47. The van der Waals surface area contributed by atoms with Crippen molar-refractivity contribution < 1.29 is 28.2 Å². The zero-order valence-corrected chi connectivity index (χ0v) is 20.5. The number of unbranched alkanes of at least 4 members (excludes halogenated alkanes) is 1. The fourth-order valence-electron chi connectivity index (χ4n) is 5.27. The molecule has 2 aliphatic heterocycles. The van der Waals surface area contributed by atoms with Crippen LogP contribution >= 0.6 is 0 Å². The van der Waals surface area contributed by atoms with Crippen LogP contribution in [0.4, 0.5) is 4.79 Å². The van der Waals surface area contributed by atoms with Crippen molar-refractivity contribution in [2.45, 2.75) is 83.1 Å². The normalized spacial score (nSPS) is 28.4. The Morgan fingerprint density at radius 3 is 2.73 bits per heavy atom. The summed E-state index contributed by atoms with van der Waals surface area (Å²) in [6.07, 6.45) is 7.57. The van der Waals surface area contributed by atoms with Crippen LogP contribution in [0.2, 0.25) is 0 Å². The Balaban J connectivity index is 2.20. The number of carbonyl (C=O) groups is 2. The van der Waals surface area contributed by atoms with E-state index in [0.717, 1.165) is 12.8 Å². The lowest BCUT2D eigenvalue weighted by atomic mass is 9.69. The molecule has 0 unspecified atom stereocenters. The number of nitrogens with zero attached hydrogens (tertiary/aromatic N) is 1. The van der Waals surface area contributed by atoms with E-state index in [-0.39, 0.29) is 18.7 Å². The summed E-state index contributed by atoms with van der Waals surface area (Å²) in [6.45, 7) is 11.6. The number of amides is 1. The van der Waals surface area contributed by atoms with E-state index in [4.69, 9.17) is 18.6 Å². The fourth-order valence-corrected chi connectivity index (χ4v) is 5.27. The van der Waals surface area contributed by atoms with E-state index in [1.807, 2.05) is 20.8 Å². The number of furan rings is 1. The van der Waals surface area contributed by atoms with Crippen LogP contribution in [0.25, 0.3) is 6.08 Å². The first-order valence-corrected chi connectivity index (χ1v) is 11.7. The van der Waals surface area contributed by atoms with Gasteiger partial charge in [0, 0.05) is 19.1 Å². The van der Waals surface area contributed by atoms with Gasteiger partial charge in [-0.15, -0.1) is 6.58 Å². The van der Waals surface area contributed by atoms with E-state index in [2.05, 4.69) is 13.5 Å². The van der Waals surface area contributed by atoms with Crippen molar-refractivity contribution >= 4 is 18.0 Å². The van der Waals surface area contributed by atoms with E-state index in [1.54, 1.807) is 42.6 Å². The highest BCUT2D eigenvalue weighted by molar-refractivity contribution is 6.05. The van der Waals surface area contributed by atoms with Crippen LogP contribution in [-0.4, -0.2) is 54.0 Å². The zero-order chi connectivity index (χ0) is 24.2. The molecule has 182 valence electrons. The topological polar surface area (TPSA) is 78.2 Å². The molecule has 2 aliphatic rings. The van der Waals surface area contributed by atoms with Gasteiger partial charge in [-0.05, 0) is 51.8 Å². The second kappa shape index (κ2) is 10.3. The molecule has 1 amide bonds. The molecule has 1 aromatic heterocycles. The largest absolute Gasteiger partial charge is 0.465 e. The standard InChI is InChI=1S/C26H37NO6/c1-7-9-13-26-20(11-8-2)23(28)19(15-18-12-10-14-31-18)21(16-22(26)32-17-30-6)27(26)24(29)33-25(3,4)5/h8,10,12,14-15,20-22H,2,7,9,11,13,16-17H2,1,3-6H3/t20-,21-,22-,26-/m0/s1. The molecule has 3 rings (SSSR count). The van der Waals surface area contributed by atoms with Crippen LogP contribution in [0.3, 0.4) is 0 Å². The van der Waals surface area contributed by atoms with E-state index in [9.17, 15) is 9.59 Å². The average Bonchev–Trinajstić information content (AvgIpc) is 3.35. The lowest BCUT2D eigenvalue weighted by Crippen LogP contribution is -2.65. The number of fused-ring (bicyclic) bond motifs is 2. The molecule has 33 heavy (non-hydrogen) atoms. The molecule has 7 nitrogen and oxygen atoms in total. The van der Waals surface area contributed by atoms with Gasteiger partial charge >= 0.3 is 6.09 Å². The number of allylic oxidation sites excluding steroid dienone is 1. The van der Waals surface area contributed by atoms with Crippen molar-refractivity contribution in [1.29, 1.82) is 0 Å². The summed E-state index contributed by atoms with van der Waals surface area (Å²) >= 11 is 0.